The van der Waals surface area contributed by atoms with Gasteiger partial charge < -0.3 is 14.4 Å². The number of ether oxygens (including phenoxy) is 2. The molecule has 96 valence electrons. The first-order chi connectivity index (χ1) is 8.56. The van der Waals surface area contributed by atoms with Crippen molar-refractivity contribution in [2.45, 2.75) is 6.92 Å². The van der Waals surface area contributed by atoms with E-state index in [1.807, 2.05) is 31.1 Å². The molecule has 1 aromatic carbocycles. The lowest BCUT2D eigenvalue weighted by molar-refractivity contribution is 0.356. The molecule has 18 heavy (non-hydrogen) atoms. The second kappa shape index (κ2) is 4.72. The zero-order valence-corrected chi connectivity index (χ0v) is 11.4. The molecule has 1 aromatic heterocycles. The Morgan fingerprint density at radius 3 is 2.17 bits per heavy atom. The average Bonchev–Trinajstić information content (AvgIpc) is 2.36. The van der Waals surface area contributed by atoms with Crippen LogP contribution in [0.3, 0.4) is 0 Å². The summed E-state index contributed by atoms with van der Waals surface area (Å²) in [6.07, 6.45) is 0. The van der Waals surface area contributed by atoms with Crippen molar-refractivity contribution < 1.29 is 9.47 Å². The third-order valence-corrected chi connectivity index (χ3v) is 2.97. The van der Waals surface area contributed by atoms with Gasteiger partial charge in [-0.05, 0) is 24.6 Å². The minimum Gasteiger partial charge on any atom is -0.493 e. The van der Waals surface area contributed by atoms with E-state index in [0.29, 0.717) is 5.75 Å². The van der Waals surface area contributed by atoms with Crippen molar-refractivity contribution in [3.63, 3.8) is 0 Å². The molecule has 0 aliphatic heterocycles. The molecule has 2 aromatic rings. The van der Waals surface area contributed by atoms with Gasteiger partial charge in [0.1, 0.15) is 5.82 Å². The Balaban J connectivity index is 2.72. The lowest BCUT2D eigenvalue weighted by atomic mass is 10.1. The minimum atomic E-state index is 0.702. The Morgan fingerprint density at radius 1 is 1.00 bits per heavy atom. The van der Waals surface area contributed by atoms with Gasteiger partial charge in [0, 0.05) is 25.5 Å². The molecule has 0 bridgehead atoms. The first-order valence-electron chi connectivity index (χ1n) is 5.77. The van der Waals surface area contributed by atoms with Crippen molar-refractivity contribution in [1.29, 1.82) is 0 Å². The van der Waals surface area contributed by atoms with Gasteiger partial charge in [0.15, 0.2) is 11.5 Å². The van der Waals surface area contributed by atoms with E-state index in [-0.39, 0.29) is 0 Å². The highest BCUT2D eigenvalue weighted by Crippen LogP contribution is 2.33. The predicted octanol–water partition coefficient (Wildman–Crippen LogP) is 2.63. The summed E-state index contributed by atoms with van der Waals surface area (Å²) in [5.74, 6) is 2.37. The Kier molecular flexibility index (Phi) is 3.28. The summed E-state index contributed by atoms with van der Waals surface area (Å²) >= 11 is 0. The highest BCUT2D eigenvalue weighted by atomic mass is 16.5. The maximum Gasteiger partial charge on any atom is 0.162 e. The number of methoxy groups -OCH3 is 2. The SMILES string of the molecule is COc1cc2nc(N(C)C)cc(C)c2cc1OC. The lowest BCUT2D eigenvalue weighted by Crippen LogP contribution is -2.10. The zero-order valence-electron chi connectivity index (χ0n) is 11.4. The maximum absolute atomic E-state index is 5.31. The normalized spacial score (nSPS) is 10.5. The number of hydrogen-bond acceptors (Lipinski definition) is 4. The third-order valence-electron chi connectivity index (χ3n) is 2.97. The molecular weight excluding hydrogens is 228 g/mol. The van der Waals surface area contributed by atoms with Crippen LogP contribution in [0.25, 0.3) is 10.9 Å². The van der Waals surface area contributed by atoms with Gasteiger partial charge in [0.05, 0.1) is 19.7 Å². The lowest BCUT2D eigenvalue weighted by Gasteiger charge is -2.15. The zero-order chi connectivity index (χ0) is 13.3. The average molecular weight is 246 g/mol. The van der Waals surface area contributed by atoms with Gasteiger partial charge in [-0.25, -0.2) is 4.98 Å². The van der Waals surface area contributed by atoms with Crippen molar-refractivity contribution in [2.75, 3.05) is 33.2 Å². The van der Waals surface area contributed by atoms with Crippen LogP contribution in [0.1, 0.15) is 5.56 Å². The molecule has 1 heterocycles. The number of fused-ring (bicyclic) bond motifs is 1. The summed E-state index contributed by atoms with van der Waals surface area (Å²) in [5, 5.41) is 1.08. The highest BCUT2D eigenvalue weighted by Gasteiger charge is 2.10. The largest absolute Gasteiger partial charge is 0.493 e. The van der Waals surface area contributed by atoms with E-state index in [4.69, 9.17) is 9.47 Å². The van der Waals surface area contributed by atoms with Crippen LogP contribution in [0.15, 0.2) is 18.2 Å². The molecule has 2 rings (SSSR count). The van der Waals surface area contributed by atoms with E-state index >= 15 is 0 Å². The fourth-order valence-electron chi connectivity index (χ4n) is 1.93. The van der Waals surface area contributed by atoms with E-state index in [9.17, 15) is 0 Å². The Morgan fingerprint density at radius 2 is 1.61 bits per heavy atom. The van der Waals surface area contributed by atoms with Crippen LogP contribution in [-0.4, -0.2) is 33.3 Å². The molecule has 0 aliphatic rings. The van der Waals surface area contributed by atoms with E-state index in [1.165, 1.54) is 5.56 Å². The molecule has 0 fully saturated rings. The number of aromatic nitrogens is 1. The van der Waals surface area contributed by atoms with Crippen molar-refractivity contribution >= 4 is 16.7 Å². The van der Waals surface area contributed by atoms with E-state index < -0.39 is 0 Å². The van der Waals surface area contributed by atoms with Crippen LogP contribution in [-0.2, 0) is 0 Å². The minimum absolute atomic E-state index is 0.702. The molecule has 0 saturated heterocycles. The Labute approximate surface area is 107 Å². The molecule has 0 amide bonds. The van der Waals surface area contributed by atoms with Crippen LogP contribution < -0.4 is 14.4 Å². The van der Waals surface area contributed by atoms with Crippen LogP contribution >= 0.6 is 0 Å². The molecule has 0 N–H and O–H groups in total. The van der Waals surface area contributed by atoms with Gasteiger partial charge in [0.25, 0.3) is 0 Å². The highest BCUT2D eigenvalue weighted by molar-refractivity contribution is 5.87. The fraction of sp³-hybridized carbons (Fsp3) is 0.357. The maximum atomic E-state index is 5.31. The van der Waals surface area contributed by atoms with Gasteiger partial charge in [-0.15, -0.1) is 0 Å². The van der Waals surface area contributed by atoms with E-state index in [1.54, 1.807) is 14.2 Å². The van der Waals surface area contributed by atoms with Crippen molar-refractivity contribution in [3.8, 4) is 11.5 Å². The standard InChI is InChI=1S/C14H18N2O2/c1-9-6-14(16(2)3)15-11-8-13(18-5)12(17-4)7-10(9)11/h6-8H,1-5H3. The smallest absolute Gasteiger partial charge is 0.162 e. The molecule has 0 saturated carbocycles. The number of anilines is 1. The number of pyridine rings is 1. The molecule has 0 aliphatic carbocycles. The van der Waals surface area contributed by atoms with Crippen molar-refractivity contribution in [3.05, 3.63) is 23.8 Å². The number of rotatable bonds is 3. The third kappa shape index (κ3) is 2.06. The summed E-state index contributed by atoms with van der Waals surface area (Å²) in [6.45, 7) is 2.07. The van der Waals surface area contributed by atoms with Crippen molar-refractivity contribution in [1.82, 2.24) is 4.98 Å². The molecule has 4 nitrogen and oxygen atoms in total. The quantitative estimate of drug-likeness (QED) is 0.834. The van der Waals surface area contributed by atoms with E-state index in [0.717, 1.165) is 22.5 Å². The Hall–Kier alpha value is -1.97. The fourth-order valence-corrected chi connectivity index (χ4v) is 1.93. The van der Waals surface area contributed by atoms with Gasteiger partial charge in [-0.1, -0.05) is 0 Å². The monoisotopic (exact) mass is 246 g/mol. The van der Waals surface area contributed by atoms with Gasteiger partial charge in [0.2, 0.25) is 0 Å². The Bertz CT molecular complexity index is 580. The molecule has 0 radical (unpaired) electrons. The van der Waals surface area contributed by atoms with Crippen LogP contribution in [0.5, 0.6) is 11.5 Å². The topological polar surface area (TPSA) is 34.6 Å². The number of hydrogen-bond donors (Lipinski definition) is 0. The summed E-state index contributed by atoms with van der Waals surface area (Å²) in [7, 11) is 7.23. The van der Waals surface area contributed by atoms with Crippen LogP contribution in [0.4, 0.5) is 5.82 Å². The summed E-state index contributed by atoms with van der Waals surface area (Å²) < 4.78 is 10.6. The summed E-state index contributed by atoms with van der Waals surface area (Å²) in [4.78, 5) is 6.60. The first kappa shape index (κ1) is 12.5. The number of benzene rings is 1. The van der Waals surface area contributed by atoms with Crippen molar-refractivity contribution in [2.24, 2.45) is 0 Å². The van der Waals surface area contributed by atoms with Crippen LogP contribution in [0.2, 0.25) is 0 Å². The number of aryl methyl sites for hydroxylation is 1. The van der Waals surface area contributed by atoms with Crippen LogP contribution in [0, 0.1) is 6.92 Å². The summed E-state index contributed by atoms with van der Waals surface area (Å²) in [6, 6.07) is 5.94. The number of nitrogens with zero attached hydrogens (tertiary/aromatic N) is 2. The summed E-state index contributed by atoms with van der Waals surface area (Å²) in [5.41, 5.74) is 2.08. The van der Waals surface area contributed by atoms with Gasteiger partial charge in [-0.3, -0.25) is 0 Å². The molecule has 0 spiro atoms. The molecule has 4 heteroatoms. The predicted molar refractivity (Wildman–Crippen MR) is 73.9 cm³/mol. The second-order valence-electron chi connectivity index (χ2n) is 4.42. The second-order valence-corrected chi connectivity index (χ2v) is 4.42. The first-order valence-corrected chi connectivity index (χ1v) is 5.77. The molecule has 0 unspecified atom stereocenters. The molecule has 0 atom stereocenters. The van der Waals surface area contributed by atoms with E-state index in [2.05, 4.69) is 18.0 Å². The molecular formula is C14H18N2O2. The van der Waals surface area contributed by atoms with Gasteiger partial charge >= 0.3 is 0 Å². The van der Waals surface area contributed by atoms with Gasteiger partial charge in [-0.2, -0.15) is 0 Å².